The predicted octanol–water partition coefficient (Wildman–Crippen LogP) is 2.03. The van der Waals surface area contributed by atoms with Crippen molar-refractivity contribution in [3.63, 3.8) is 0 Å². The van der Waals surface area contributed by atoms with Crippen LogP contribution >= 0.6 is 11.3 Å². The molecule has 0 bridgehead atoms. The molecule has 0 radical (unpaired) electrons. The first-order valence-electron chi connectivity index (χ1n) is 6.29. The Balaban J connectivity index is 1.88. The summed E-state index contributed by atoms with van der Waals surface area (Å²) in [7, 11) is -3.27. The molecule has 1 aliphatic rings. The Hall–Kier alpha value is -0.430. The lowest BCUT2D eigenvalue weighted by Crippen LogP contribution is -2.37. The van der Waals surface area contributed by atoms with Crippen LogP contribution in [0.15, 0.2) is 17.5 Å². The zero-order chi connectivity index (χ0) is 13.0. The Morgan fingerprint density at radius 2 is 2.11 bits per heavy atom. The van der Waals surface area contributed by atoms with Gasteiger partial charge in [-0.25, -0.2) is 13.1 Å². The molecule has 18 heavy (non-hydrogen) atoms. The van der Waals surface area contributed by atoms with Gasteiger partial charge in [-0.1, -0.05) is 25.3 Å². The van der Waals surface area contributed by atoms with Gasteiger partial charge in [-0.2, -0.15) is 0 Å². The molecule has 1 aliphatic carbocycles. The Kier molecular flexibility index (Phi) is 4.77. The van der Waals surface area contributed by atoms with E-state index in [4.69, 9.17) is 0 Å². The average Bonchev–Trinajstić information content (AvgIpc) is 2.91. The normalized spacial score (nSPS) is 19.8. The summed E-state index contributed by atoms with van der Waals surface area (Å²) in [5.74, 6) is 0. The van der Waals surface area contributed by atoms with Crippen molar-refractivity contribution in [1.29, 1.82) is 0 Å². The van der Waals surface area contributed by atoms with Gasteiger partial charge >= 0.3 is 0 Å². The number of hydrogen-bond acceptors (Lipinski definition) is 4. The van der Waals surface area contributed by atoms with E-state index in [1.54, 1.807) is 0 Å². The molecule has 1 fully saturated rings. The van der Waals surface area contributed by atoms with Crippen molar-refractivity contribution < 1.29 is 13.5 Å². The van der Waals surface area contributed by atoms with Crippen LogP contribution in [0.25, 0.3) is 0 Å². The maximum Gasteiger partial charge on any atom is 0.214 e. The van der Waals surface area contributed by atoms with Crippen LogP contribution in [-0.2, 0) is 10.0 Å². The van der Waals surface area contributed by atoms with Gasteiger partial charge in [-0.15, -0.1) is 11.3 Å². The van der Waals surface area contributed by atoms with Crippen LogP contribution in [0.5, 0.6) is 0 Å². The Bertz CT molecular complexity index is 450. The fourth-order valence-corrected chi connectivity index (χ4v) is 4.56. The van der Waals surface area contributed by atoms with Crippen LogP contribution in [-0.4, -0.2) is 25.3 Å². The molecule has 102 valence electrons. The van der Waals surface area contributed by atoms with Gasteiger partial charge in [0.25, 0.3) is 0 Å². The van der Waals surface area contributed by atoms with Crippen LogP contribution in [0.4, 0.5) is 0 Å². The summed E-state index contributed by atoms with van der Waals surface area (Å²) in [5.41, 5.74) is 0. The highest BCUT2D eigenvalue weighted by Crippen LogP contribution is 2.24. The summed E-state index contributed by atoms with van der Waals surface area (Å²) in [6.07, 6.45) is 3.83. The van der Waals surface area contributed by atoms with Gasteiger partial charge in [-0.05, 0) is 24.3 Å². The molecule has 0 spiro atoms. The number of rotatable bonds is 5. The van der Waals surface area contributed by atoms with Crippen molar-refractivity contribution in [3.8, 4) is 0 Å². The number of hydrogen-bond donors (Lipinski definition) is 2. The highest BCUT2D eigenvalue weighted by atomic mass is 32.2. The molecule has 1 heterocycles. The van der Waals surface area contributed by atoms with E-state index in [1.807, 2.05) is 17.5 Å². The van der Waals surface area contributed by atoms with Gasteiger partial charge in [0.2, 0.25) is 10.0 Å². The van der Waals surface area contributed by atoms with E-state index in [9.17, 15) is 13.5 Å². The van der Waals surface area contributed by atoms with Gasteiger partial charge in [0.15, 0.2) is 0 Å². The van der Waals surface area contributed by atoms with Crippen molar-refractivity contribution in [2.75, 3.05) is 6.54 Å². The number of nitrogens with one attached hydrogen (secondary N) is 1. The van der Waals surface area contributed by atoms with Crippen LogP contribution in [0.2, 0.25) is 0 Å². The Morgan fingerprint density at radius 1 is 1.39 bits per heavy atom. The second kappa shape index (κ2) is 6.14. The second-order valence-corrected chi connectivity index (χ2v) is 7.71. The molecule has 2 N–H and O–H groups in total. The van der Waals surface area contributed by atoms with E-state index in [-0.39, 0.29) is 11.8 Å². The molecule has 0 amide bonds. The van der Waals surface area contributed by atoms with Crippen molar-refractivity contribution in [1.82, 2.24) is 4.72 Å². The lowest BCUT2D eigenvalue weighted by atomic mass is 10.0. The monoisotopic (exact) mass is 289 g/mol. The highest BCUT2D eigenvalue weighted by molar-refractivity contribution is 7.90. The molecule has 1 aromatic rings. The van der Waals surface area contributed by atoms with Crippen LogP contribution in [0, 0.1) is 0 Å². The highest BCUT2D eigenvalue weighted by Gasteiger charge is 2.27. The topological polar surface area (TPSA) is 66.4 Å². The molecule has 1 atom stereocenters. The number of thiophene rings is 1. The van der Waals surface area contributed by atoms with Gasteiger partial charge in [0, 0.05) is 11.4 Å². The van der Waals surface area contributed by atoms with Crippen LogP contribution < -0.4 is 4.72 Å². The molecule has 1 saturated carbocycles. The van der Waals surface area contributed by atoms with Gasteiger partial charge < -0.3 is 5.11 Å². The van der Waals surface area contributed by atoms with Crippen LogP contribution in [0.1, 0.15) is 43.1 Å². The first-order chi connectivity index (χ1) is 8.59. The molecule has 0 aromatic carbocycles. The third-order valence-electron chi connectivity index (χ3n) is 3.34. The summed E-state index contributed by atoms with van der Waals surface area (Å²) in [4.78, 5) is 0.793. The van der Waals surface area contributed by atoms with E-state index in [0.717, 1.165) is 37.0 Å². The average molecular weight is 289 g/mol. The summed E-state index contributed by atoms with van der Waals surface area (Å²) in [5, 5.41) is 11.4. The number of aliphatic hydroxyl groups excluding tert-OH is 1. The number of sulfonamides is 1. The fourth-order valence-electron chi connectivity index (χ4n) is 2.27. The summed E-state index contributed by atoms with van der Waals surface area (Å²) < 4.78 is 26.6. The molecule has 0 aliphatic heterocycles. The van der Waals surface area contributed by atoms with Gasteiger partial charge in [0.1, 0.15) is 6.10 Å². The minimum atomic E-state index is -3.27. The van der Waals surface area contributed by atoms with Crippen molar-refractivity contribution in [2.45, 2.75) is 43.5 Å². The standard InChI is InChI=1S/C12H19NO3S2/c14-11(12-7-4-8-17-12)9-13-18(15,16)10-5-2-1-3-6-10/h4,7-8,10-11,13-14H,1-3,5-6,9H2. The molecular formula is C12H19NO3S2. The lowest BCUT2D eigenvalue weighted by Gasteiger charge is -2.22. The maximum atomic E-state index is 12.0. The minimum absolute atomic E-state index is 0.0688. The molecule has 6 heteroatoms. The summed E-state index contributed by atoms with van der Waals surface area (Å²) >= 11 is 1.43. The lowest BCUT2D eigenvalue weighted by molar-refractivity contribution is 0.185. The fraction of sp³-hybridized carbons (Fsp3) is 0.667. The second-order valence-electron chi connectivity index (χ2n) is 4.68. The van der Waals surface area contributed by atoms with E-state index < -0.39 is 16.1 Å². The molecular weight excluding hydrogens is 270 g/mol. The molecule has 2 rings (SSSR count). The Morgan fingerprint density at radius 3 is 2.72 bits per heavy atom. The third kappa shape index (κ3) is 3.54. The summed E-state index contributed by atoms with van der Waals surface area (Å²) in [6.45, 7) is 0.0688. The van der Waals surface area contributed by atoms with Gasteiger partial charge in [0.05, 0.1) is 5.25 Å². The van der Waals surface area contributed by atoms with E-state index in [2.05, 4.69) is 4.72 Å². The predicted molar refractivity (Wildman–Crippen MR) is 73.1 cm³/mol. The third-order valence-corrected chi connectivity index (χ3v) is 6.23. The largest absolute Gasteiger partial charge is 0.386 e. The molecule has 1 aromatic heterocycles. The first kappa shape index (κ1) is 14.0. The summed E-state index contributed by atoms with van der Waals surface area (Å²) in [6, 6.07) is 3.66. The Labute approximate surface area is 112 Å². The van der Waals surface area contributed by atoms with E-state index in [0.29, 0.717) is 0 Å². The smallest absolute Gasteiger partial charge is 0.214 e. The zero-order valence-corrected chi connectivity index (χ0v) is 11.8. The van der Waals surface area contributed by atoms with E-state index >= 15 is 0 Å². The maximum absolute atomic E-state index is 12.0. The van der Waals surface area contributed by atoms with Crippen LogP contribution in [0.3, 0.4) is 0 Å². The van der Waals surface area contributed by atoms with Crippen molar-refractivity contribution in [2.24, 2.45) is 0 Å². The number of aliphatic hydroxyl groups is 1. The first-order valence-corrected chi connectivity index (χ1v) is 8.72. The zero-order valence-electron chi connectivity index (χ0n) is 10.2. The van der Waals surface area contributed by atoms with Gasteiger partial charge in [-0.3, -0.25) is 0 Å². The quantitative estimate of drug-likeness (QED) is 0.871. The molecule has 4 nitrogen and oxygen atoms in total. The van der Waals surface area contributed by atoms with Crippen molar-refractivity contribution in [3.05, 3.63) is 22.4 Å². The SMILES string of the molecule is O=S(=O)(NCC(O)c1cccs1)C1CCCCC1. The molecule has 1 unspecified atom stereocenters. The minimum Gasteiger partial charge on any atom is -0.386 e. The molecule has 0 saturated heterocycles. The van der Waals surface area contributed by atoms with E-state index in [1.165, 1.54) is 11.3 Å². The van der Waals surface area contributed by atoms with Crippen molar-refractivity contribution >= 4 is 21.4 Å².